The van der Waals surface area contributed by atoms with Crippen LogP contribution in [0.4, 0.5) is 21.7 Å². The highest BCUT2D eigenvalue weighted by molar-refractivity contribution is 7.80. The summed E-state index contributed by atoms with van der Waals surface area (Å²) in [6, 6.07) is 2.99. The van der Waals surface area contributed by atoms with Crippen molar-refractivity contribution in [3.8, 4) is 0 Å². The number of aliphatic carboxylic acids is 1. The summed E-state index contributed by atoms with van der Waals surface area (Å²) in [7, 11) is 3.43. The van der Waals surface area contributed by atoms with Gasteiger partial charge < -0.3 is 25.2 Å². The van der Waals surface area contributed by atoms with Crippen molar-refractivity contribution in [2.24, 2.45) is 0 Å². The number of halogens is 2. The van der Waals surface area contributed by atoms with Crippen LogP contribution in [0.2, 0.25) is 5.02 Å². The lowest BCUT2D eigenvalue weighted by atomic mass is 10.0. The van der Waals surface area contributed by atoms with E-state index in [9.17, 15) is 27.8 Å². The highest BCUT2D eigenvalue weighted by atomic mass is 35.5. The molecule has 0 saturated carbocycles. The molecule has 1 unspecified atom stereocenters. The van der Waals surface area contributed by atoms with Crippen molar-refractivity contribution >= 4 is 62.8 Å². The van der Waals surface area contributed by atoms with E-state index >= 15 is 0 Å². The smallest absolute Gasteiger partial charge is 0.326 e. The number of likely N-dealkylation sites (tertiary alicyclic amines) is 1. The molecular formula is C23H23ClFN6O5S-. The summed E-state index contributed by atoms with van der Waals surface area (Å²) < 4.78 is 40.0. The van der Waals surface area contributed by atoms with Crippen molar-refractivity contribution in [3.05, 3.63) is 53.1 Å². The molecule has 196 valence electrons. The number of carbonyl (C=O) groups excluding carboxylic acids is 1. The van der Waals surface area contributed by atoms with Gasteiger partial charge in [-0.1, -0.05) is 11.6 Å². The molecule has 1 aliphatic rings. The van der Waals surface area contributed by atoms with Gasteiger partial charge in [0.1, 0.15) is 29.5 Å². The van der Waals surface area contributed by atoms with Gasteiger partial charge in [-0.25, -0.2) is 19.2 Å². The molecule has 1 aliphatic heterocycles. The number of hydrogen-bond donors (Lipinski definition) is 2. The number of anilines is 3. The van der Waals surface area contributed by atoms with Crippen molar-refractivity contribution < 1.29 is 27.8 Å². The summed E-state index contributed by atoms with van der Waals surface area (Å²) >= 11 is 3.35. The Kier molecular flexibility index (Phi) is 7.48. The minimum atomic E-state index is -2.89. The molecule has 4 rings (SSSR count). The first-order valence-corrected chi connectivity index (χ1v) is 12.5. The van der Waals surface area contributed by atoms with Gasteiger partial charge in [-0.05, 0) is 41.6 Å². The van der Waals surface area contributed by atoms with Gasteiger partial charge in [0.15, 0.2) is 0 Å². The number of benzene rings is 1. The molecule has 11 nitrogen and oxygen atoms in total. The second-order valence-electron chi connectivity index (χ2n) is 8.69. The summed E-state index contributed by atoms with van der Waals surface area (Å²) in [5, 5.41) is 11.0. The zero-order valence-corrected chi connectivity index (χ0v) is 21.4. The second kappa shape index (κ2) is 10.4. The number of carboxylic acids is 1. The van der Waals surface area contributed by atoms with E-state index in [1.165, 1.54) is 30.6 Å². The number of nitrogen functional groups attached to an aromatic ring is 1. The number of amides is 1. The molecule has 2 aromatic heterocycles. The maximum Gasteiger partial charge on any atom is 0.326 e. The molecule has 1 fully saturated rings. The summed E-state index contributed by atoms with van der Waals surface area (Å²) in [6.07, 6.45) is 2.41. The normalized spacial score (nSPS) is 17.2. The summed E-state index contributed by atoms with van der Waals surface area (Å²) in [5.74, 6) is -2.22. The Morgan fingerprint density at radius 3 is 2.73 bits per heavy atom. The van der Waals surface area contributed by atoms with Crippen LogP contribution in [0.3, 0.4) is 0 Å². The van der Waals surface area contributed by atoms with Crippen molar-refractivity contribution in [2.45, 2.75) is 24.9 Å². The van der Waals surface area contributed by atoms with Gasteiger partial charge >= 0.3 is 5.97 Å². The zero-order valence-electron chi connectivity index (χ0n) is 19.8. The molecule has 0 radical (unpaired) electrons. The highest BCUT2D eigenvalue weighted by Crippen LogP contribution is 2.32. The SMILES string of the molecule is CN(C)c1ncc(N([C@H]2CCN([C@H](Cc3cc4ccnc(N)c4cc3F)C(=O)O)C2=O)S(=O)[O-])cc1Cl. The molecular weight excluding hydrogens is 527 g/mol. The van der Waals surface area contributed by atoms with Gasteiger partial charge in [-0.3, -0.25) is 13.3 Å². The standard InChI is InChI=1S/C23H24ClFN6O5S/c1-29(2)21-16(24)9-14(11-28-21)31(37(35)36)18-4-6-30(22(18)32)19(23(33)34)8-13-7-12-3-5-27-20(26)15(12)10-17(13)25/h3,5,7,9-11,18-19H,4,6,8H2,1-2H3,(H2,26,27)(H,33,34)(H,35,36)/p-1/t18-,19+/m0/s1. The van der Waals surface area contributed by atoms with E-state index in [1.54, 1.807) is 25.1 Å². The van der Waals surface area contributed by atoms with Crippen LogP contribution in [0, 0.1) is 5.82 Å². The lowest BCUT2D eigenvalue weighted by Crippen LogP contribution is -2.49. The van der Waals surface area contributed by atoms with E-state index in [1.807, 2.05) is 0 Å². The zero-order chi connectivity index (χ0) is 27.0. The Hall–Kier alpha value is -3.55. The molecule has 0 bridgehead atoms. The molecule has 1 amide bonds. The average molecular weight is 550 g/mol. The number of carbonyl (C=O) groups is 2. The number of nitrogens with two attached hydrogens (primary N) is 1. The van der Waals surface area contributed by atoms with Crippen LogP contribution in [0.15, 0.2) is 36.7 Å². The summed E-state index contributed by atoms with van der Waals surface area (Å²) in [5.41, 5.74) is 5.92. The van der Waals surface area contributed by atoms with Crippen LogP contribution in [-0.2, 0) is 27.3 Å². The minimum Gasteiger partial charge on any atom is -0.755 e. The Bertz CT molecular complexity index is 1410. The molecule has 0 spiro atoms. The fourth-order valence-electron chi connectivity index (χ4n) is 4.41. The molecule has 3 N–H and O–H groups in total. The third-order valence-corrected chi connectivity index (χ3v) is 7.24. The predicted molar refractivity (Wildman–Crippen MR) is 136 cm³/mol. The number of carboxylic acid groups (broad SMARTS) is 1. The third-order valence-electron chi connectivity index (χ3n) is 6.18. The lowest BCUT2D eigenvalue weighted by Gasteiger charge is -2.32. The number of hydrogen-bond acceptors (Lipinski definition) is 8. The van der Waals surface area contributed by atoms with Gasteiger partial charge in [0.2, 0.25) is 5.91 Å². The van der Waals surface area contributed by atoms with Crippen LogP contribution in [-0.4, -0.2) is 73.3 Å². The molecule has 1 saturated heterocycles. The van der Waals surface area contributed by atoms with Crippen molar-refractivity contribution in [2.75, 3.05) is 35.6 Å². The first-order chi connectivity index (χ1) is 17.5. The molecule has 14 heteroatoms. The van der Waals surface area contributed by atoms with Gasteiger partial charge in [0.25, 0.3) is 0 Å². The number of rotatable bonds is 8. The Balaban J connectivity index is 1.62. The average Bonchev–Trinajstić information content (AvgIpc) is 3.18. The van der Waals surface area contributed by atoms with Crippen LogP contribution in [0.1, 0.15) is 12.0 Å². The molecule has 37 heavy (non-hydrogen) atoms. The number of aromatic nitrogens is 2. The van der Waals surface area contributed by atoms with E-state index in [0.29, 0.717) is 16.6 Å². The first-order valence-electron chi connectivity index (χ1n) is 11.1. The molecule has 3 atom stereocenters. The van der Waals surface area contributed by atoms with Crippen LogP contribution >= 0.6 is 11.6 Å². The summed E-state index contributed by atoms with van der Waals surface area (Å²) in [6.45, 7) is -0.0445. The van der Waals surface area contributed by atoms with Crippen molar-refractivity contribution in [1.82, 2.24) is 14.9 Å². The van der Waals surface area contributed by atoms with Crippen molar-refractivity contribution in [3.63, 3.8) is 0 Å². The van der Waals surface area contributed by atoms with E-state index < -0.39 is 41.0 Å². The third kappa shape index (κ3) is 5.15. The largest absolute Gasteiger partial charge is 0.755 e. The second-order valence-corrected chi connectivity index (χ2v) is 9.93. The fraction of sp³-hybridized carbons (Fsp3) is 0.304. The maximum atomic E-state index is 14.9. The first kappa shape index (κ1) is 26.5. The van der Waals surface area contributed by atoms with E-state index in [0.717, 1.165) is 9.21 Å². The minimum absolute atomic E-state index is 0.0199. The van der Waals surface area contributed by atoms with E-state index in [4.69, 9.17) is 17.3 Å². The lowest BCUT2D eigenvalue weighted by molar-refractivity contribution is -0.148. The number of nitrogens with zero attached hydrogens (tertiary/aromatic N) is 5. The quantitative estimate of drug-likeness (QED) is 0.401. The topological polar surface area (TPSA) is 156 Å². The van der Waals surface area contributed by atoms with Gasteiger partial charge in [-0.15, -0.1) is 0 Å². The van der Waals surface area contributed by atoms with Crippen LogP contribution in [0.5, 0.6) is 0 Å². The van der Waals surface area contributed by atoms with Gasteiger partial charge in [0.05, 0.1) is 16.9 Å². The predicted octanol–water partition coefficient (Wildman–Crippen LogP) is 1.97. The van der Waals surface area contributed by atoms with Gasteiger partial charge in [-0.2, -0.15) is 0 Å². The molecule has 3 aromatic rings. The van der Waals surface area contributed by atoms with Crippen molar-refractivity contribution in [1.29, 1.82) is 0 Å². The number of fused-ring (bicyclic) bond motifs is 1. The summed E-state index contributed by atoms with van der Waals surface area (Å²) in [4.78, 5) is 36.3. The highest BCUT2D eigenvalue weighted by Gasteiger charge is 2.43. The molecule has 3 heterocycles. The molecule has 0 aliphatic carbocycles. The van der Waals surface area contributed by atoms with Crippen LogP contribution < -0.4 is 14.9 Å². The van der Waals surface area contributed by atoms with Crippen LogP contribution in [0.25, 0.3) is 10.8 Å². The Morgan fingerprint density at radius 2 is 2.11 bits per heavy atom. The Labute approximate surface area is 219 Å². The maximum absolute atomic E-state index is 14.9. The Morgan fingerprint density at radius 1 is 1.38 bits per heavy atom. The van der Waals surface area contributed by atoms with E-state index in [-0.39, 0.29) is 41.5 Å². The van der Waals surface area contributed by atoms with Gasteiger partial charge in [0, 0.05) is 49.9 Å². The molecule has 1 aromatic carbocycles. The number of pyridine rings is 2. The van der Waals surface area contributed by atoms with E-state index in [2.05, 4.69) is 9.97 Å². The monoisotopic (exact) mass is 549 g/mol. The fourth-order valence-corrected chi connectivity index (χ4v) is 5.42.